The van der Waals surface area contributed by atoms with Crippen molar-refractivity contribution in [3.05, 3.63) is 48.0 Å². The van der Waals surface area contributed by atoms with Crippen LogP contribution in [0.15, 0.2) is 47.4 Å². The first kappa shape index (κ1) is 21.2. The average Bonchev–Trinajstić information content (AvgIpc) is 2.66. The predicted octanol–water partition coefficient (Wildman–Crippen LogP) is 3.50. The maximum absolute atomic E-state index is 12.7. The van der Waals surface area contributed by atoms with Gasteiger partial charge in [-0.25, -0.2) is 8.42 Å². The largest absolute Gasteiger partial charge is 0.486 e. The highest BCUT2D eigenvalue weighted by molar-refractivity contribution is 8.15. The number of thioether (sulfide) groups is 1. The molecule has 0 aliphatic carbocycles. The molecule has 0 aromatic heterocycles. The van der Waals surface area contributed by atoms with Crippen molar-refractivity contribution in [2.24, 2.45) is 0 Å². The van der Waals surface area contributed by atoms with E-state index < -0.39 is 14.8 Å². The third-order valence-electron chi connectivity index (χ3n) is 4.17. The number of anilines is 1. The van der Waals surface area contributed by atoms with Crippen molar-refractivity contribution in [2.75, 3.05) is 17.9 Å². The minimum Gasteiger partial charge on any atom is -0.486 e. The summed E-state index contributed by atoms with van der Waals surface area (Å²) in [5.74, 6) is 0.674. The zero-order valence-corrected chi connectivity index (χ0v) is 17.9. The molecule has 154 valence electrons. The van der Waals surface area contributed by atoms with Gasteiger partial charge in [0, 0.05) is 24.2 Å². The summed E-state index contributed by atoms with van der Waals surface area (Å²) in [5, 5.41) is -0.146. The molecule has 2 aromatic carbocycles. The van der Waals surface area contributed by atoms with Crippen molar-refractivity contribution in [1.29, 1.82) is 0 Å². The van der Waals surface area contributed by atoms with E-state index in [1.54, 1.807) is 19.9 Å². The Balaban J connectivity index is 1.77. The Labute approximate surface area is 173 Å². The number of hydrogen-bond donors (Lipinski definition) is 1. The van der Waals surface area contributed by atoms with Crippen LogP contribution in [0.3, 0.4) is 0 Å². The van der Waals surface area contributed by atoms with E-state index in [9.17, 15) is 18.0 Å². The van der Waals surface area contributed by atoms with Gasteiger partial charge in [-0.05, 0) is 50.2 Å². The lowest BCUT2D eigenvalue weighted by molar-refractivity contribution is -0.109. The fraction of sp³-hybridized carbons (Fsp3) is 0.300. The van der Waals surface area contributed by atoms with Crippen LogP contribution in [0.4, 0.5) is 5.69 Å². The fourth-order valence-electron chi connectivity index (χ4n) is 2.85. The molecule has 9 heteroatoms. The second kappa shape index (κ2) is 8.08. The quantitative estimate of drug-likeness (QED) is 0.693. The first-order valence-corrected chi connectivity index (χ1v) is 11.2. The molecule has 0 amide bonds. The summed E-state index contributed by atoms with van der Waals surface area (Å²) >= 11 is 0.960. The molecule has 0 atom stereocenters. The molecule has 3 rings (SSSR count). The number of hydrogen-bond acceptors (Lipinski definition) is 7. The number of rotatable bonds is 6. The summed E-state index contributed by atoms with van der Waals surface area (Å²) in [5.41, 5.74) is 0.708. The number of sulfonamides is 1. The SMILES string of the molecule is CC(=O)SC(C)(C)C(=O)c1ccc(NS(=O)(=O)c2ccc3c(c2)OCCO3)cc1. The lowest BCUT2D eigenvalue weighted by Crippen LogP contribution is -2.29. The van der Waals surface area contributed by atoms with E-state index in [4.69, 9.17) is 9.47 Å². The Hall–Kier alpha value is -2.52. The number of carbonyl (C=O) groups is 2. The maximum atomic E-state index is 12.7. The maximum Gasteiger partial charge on any atom is 0.262 e. The van der Waals surface area contributed by atoms with Crippen LogP contribution in [0.2, 0.25) is 0 Å². The van der Waals surface area contributed by atoms with Crippen LogP contribution in [0.1, 0.15) is 31.1 Å². The van der Waals surface area contributed by atoms with Crippen molar-refractivity contribution in [3.8, 4) is 11.5 Å². The van der Waals surface area contributed by atoms with Crippen LogP contribution in [0.5, 0.6) is 11.5 Å². The molecular formula is C20H21NO6S2. The van der Waals surface area contributed by atoms with Crippen LogP contribution in [-0.4, -0.2) is 37.3 Å². The van der Waals surface area contributed by atoms with Crippen molar-refractivity contribution in [3.63, 3.8) is 0 Å². The van der Waals surface area contributed by atoms with E-state index in [0.29, 0.717) is 36.0 Å². The Bertz CT molecular complexity index is 1050. The molecule has 1 aliphatic heterocycles. The number of fused-ring (bicyclic) bond motifs is 1. The van der Waals surface area contributed by atoms with E-state index in [1.807, 2.05) is 0 Å². The van der Waals surface area contributed by atoms with Gasteiger partial charge in [-0.15, -0.1) is 0 Å². The number of benzene rings is 2. The molecular weight excluding hydrogens is 414 g/mol. The van der Waals surface area contributed by atoms with Gasteiger partial charge >= 0.3 is 0 Å². The molecule has 1 N–H and O–H groups in total. The van der Waals surface area contributed by atoms with Gasteiger partial charge in [0.25, 0.3) is 10.0 Å². The van der Waals surface area contributed by atoms with E-state index in [1.165, 1.54) is 43.3 Å². The lowest BCUT2D eigenvalue weighted by Gasteiger charge is -2.21. The highest BCUT2D eigenvalue weighted by Gasteiger charge is 2.31. The van der Waals surface area contributed by atoms with Crippen molar-refractivity contribution >= 4 is 38.4 Å². The fourth-order valence-corrected chi connectivity index (χ4v) is 4.85. The molecule has 1 heterocycles. The van der Waals surface area contributed by atoms with E-state index in [-0.39, 0.29) is 15.8 Å². The monoisotopic (exact) mass is 435 g/mol. The summed E-state index contributed by atoms with van der Waals surface area (Å²) in [4.78, 5) is 24.0. The molecule has 0 saturated heterocycles. The summed E-state index contributed by atoms with van der Waals surface area (Å²) in [6.07, 6.45) is 0. The van der Waals surface area contributed by atoms with Crippen LogP contribution in [0, 0.1) is 0 Å². The Morgan fingerprint density at radius 2 is 1.62 bits per heavy atom. The molecule has 2 aromatic rings. The van der Waals surface area contributed by atoms with Gasteiger partial charge in [-0.1, -0.05) is 11.8 Å². The third-order valence-corrected chi connectivity index (χ3v) is 6.53. The zero-order valence-electron chi connectivity index (χ0n) is 16.2. The lowest BCUT2D eigenvalue weighted by atomic mass is 10.0. The second-order valence-corrected chi connectivity index (χ2v) is 10.4. The van der Waals surface area contributed by atoms with Gasteiger partial charge < -0.3 is 9.47 Å². The average molecular weight is 436 g/mol. The second-order valence-electron chi connectivity index (χ2n) is 6.92. The van der Waals surface area contributed by atoms with Gasteiger partial charge in [0.2, 0.25) is 0 Å². The molecule has 0 bridgehead atoms. The van der Waals surface area contributed by atoms with E-state index in [0.717, 1.165) is 11.8 Å². The molecule has 0 radical (unpaired) electrons. The van der Waals surface area contributed by atoms with Gasteiger partial charge in [0.05, 0.1) is 9.64 Å². The molecule has 0 unspecified atom stereocenters. The van der Waals surface area contributed by atoms with Crippen molar-refractivity contribution in [2.45, 2.75) is 30.4 Å². The zero-order chi connectivity index (χ0) is 21.2. The van der Waals surface area contributed by atoms with E-state index >= 15 is 0 Å². The topological polar surface area (TPSA) is 98.8 Å². The highest BCUT2D eigenvalue weighted by atomic mass is 32.2. The van der Waals surface area contributed by atoms with E-state index in [2.05, 4.69) is 4.72 Å². The van der Waals surface area contributed by atoms with Crippen LogP contribution in [0.25, 0.3) is 0 Å². The van der Waals surface area contributed by atoms with Crippen molar-refractivity contribution < 1.29 is 27.5 Å². The number of nitrogens with one attached hydrogen (secondary N) is 1. The summed E-state index contributed by atoms with van der Waals surface area (Å²) in [6.45, 7) is 5.55. The minimum atomic E-state index is -3.84. The normalized spacial score (nSPS) is 13.6. The summed E-state index contributed by atoms with van der Waals surface area (Å²) in [6, 6.07) is 10.5. The molecule has 1 aliphatic rings. The minimum absolute atomic E-state index is 0.0425. The van der Waals surface area contributed by atoms with Gasteiger partial charge in [-0.3, -0.25) is 14.3 Å². The molecule has 7 nitrogen and oxygen atoms in total. The first-order chi connectivity index (χ1) is 13.6. The number of Topliss-reactive ketones (excluding diaryl/α,β-unsaturated/α-hetero) is 1. The number of carbonyl (C=O) groups excluding carboxylic acids is 2. The number of ketones is 1. The smallest absolute Gasteiger partial charge is 0.262 e. The van der Waals surface area contributed by atoms with Crippen LogP contribution < -0.4 is 14.2 Å². The number of ether oxygens (including phenoxy) is 2. The Morgan fingerprint density at radius 1 is 1.00 bits per heavy atom. The standard InChI is InChI=1S/C20H21NO6S2/c1-13(22)28-20(2,3)19(23)14-4-6-15(7-5-14)21-29(24,25)16-8-9-17-18(12-16)27-11-10-26-17/h4-9,12,21H,10-11H2,1-3H3. The third kappa shape index (κ3) is 4.91. The summed E-state index contributed by atoms with van der Waals surface area (Å²) < 4.78 is 37.8. The summed E-state index contributed by atoms with van der Waals surface area (Å²) in [7, 11) is -3.84. The predicted molar refractivity (Wildman–Crippen MR) is 111 cm³/mol. The molecule has 29 heavy (non-hydrogen) atoms. The first-order valence-electron chi connectivity index (χ1n) is 8.85. The van der Waals surface area contributed by atoms with Gasteiger partial charge in [0.15, 0.2) is 22.4 Å². The van der Waals surface area contributed by atoms with Crippen LogP contribution in [-0.2, 0) is 14.8 Å². The Morgan fingerprint density at radius 3 is 2.24 bits per heavy atom. The molecule has 0 saturated carbocycles. The van der Waals surface area contributed by atoms with Crippen LogP contribution >= 0.6 is 11.8 Å². The molecule has 0 fully saturated rings. The van der Waals surface area contributed by atoms with Gasteiger partial charge in [-0.2, -0.15) is 0 Å². The Kier molecular flexibility index (Phi) is 5.90. The highest BCUT2D eigenvalue weighted by Crippen LogP contribution is 2.33. The van der Waals surface area contributed by atoms with Gasteiger partial charge in [0.1, 0.15) is 13.2 Å². The molecule has 0 spiro atoms. The van der Waals surface area contributed by atoms with Crippen molar-refractivity contribution in [1.82, 2.24) is 0 Å².